The lowest BCUT2D eigenvalue weighted by Gasteiger charge is -2.17. The highest BCUT2D eigenvalue weighted by atomic mass is 19.4. The van der Waals surface area contributed by atoms with Gasteiger partial charge in [-0.25, -0.2) is 0 Å². The van der Waals surface area contributed by atoms with Crippen molar-refractivity contribution in [2.45, 2.75) is 58.5 Å². The zero-order valence-corrected chi connectivity index (χ0v) is 19.6. The summed E-state index contributed by atoms with van der Waals surface area (Å²) in [5, 5.41) is 0.897. The van der Waals surface area contributed by atoms with Crippen molar-refractivity contribution in [1.29, 1.82) is 0 Å². The van der Waals surface area contributed by atoms with Gasteiger partial charge in [-0.2, -0.15) is 13.2 Å². The topological polar surface area (TPSA) is 63.7 Å². The Morgan fingerprint density at radius 2 is 2.00 bits per heavy atom. The van der Waals surface area contributed by atoms with Crippen LogP contribution in [0, 0.1) is 5.92 Å². The molecule has 0 unspecified atom stereocenters. The standard InChI is InChI=1S/C26H31F3N2O3/c1-4-33-24(32)12-9-20-14-19-15-21(10-11-23(19)31-20)34-16-17(2)13-22(26(27,28)29)25(30-3)18-7-5-6-8-18/h10-11,13-15,18,31H,3-9,12,16H2,1-2H3/b17-13+,25-22+. The molecule has 1 heterocycles. The molecule has 1 saturated carbocycles. The van der Waals surface area contributed by atoms with Gasteiger partial charge in [0.05, 0.1) is 24.3 Å². The first-order valence-corrected chi connectivity index (χ1v) is 11.6. The first-order valence-electron chi connectivity index (χ1n) is 11.6. The fourth-order valence-corrected chi connectivity index (χ4v) is 4.28. The molecule has 1 fully saturated rings. The van der Waals surface area contributed by atoms with Crippen molar-refractivity contribution < 1.29 is 27.4 Å². The molecule has 1 N–H and O–H groups in total. The summed E-state index contributed by atoms with van der Waals surface area (Å²) in [6.07, 6.45) is 0.657. The van der Waals surface area contributed by atoms with Gasteiger partial charge in [0.1, 0.15) is 12.4 Å². The van der Waals surface area contributed by atoms with Crippen LogP contribution in [0.15, 0.2) is 52.2 Å². The van der Waals surface area contributed by atoms with Gasteiger partial charge in [0.2, 0.25) is 0 Å². The molecule has 184 valence electrons. The van der Waals surface area contributed by atoms with Crippen molar-refractivity contribution >= 4 is 23.6 Å². The van der Waals surface area contributed by atoms with Crippen molar-refractivity contribution in [2.75, 3.05) is 13.2 Å². The number of H-pyrrole nitrogens is 1. The van der Waals surface area contributed by atoms with Gasteiger partial charge in [0, 0.05) is 22.5 Å². The normalized spacial score (nSPS) is 16.0. The molecule has 5 nitrogen and oxygen atoms in total. The smallest absolute Gasteiger partial charge is 0.418 e. The highest BCUT2D eigenvalue weighted by Gasteiger charge is 2.37. The largest absolute Gasteiger partial charge is 0.489 e. The molecule has 1 aromatic carbocycles. The molecule has 1 aromatic heterocycles. The summed E-state index contributed by atoms with van der Waals surface area (Å²) in [7, 11) is 0. The van der Waals surface area contributed by atoms with E-state index in [-0.39, 0.29) is 30.6 Å². The van der Waals surface area contributed by atoms with Crippen LogP contribution in [0.3, 0.4) is 0 Å². The summed E-state index contributed by atoms with van der Waals surface area (Å²) in [5.41, 5.74) is 1.53. The second-order valence-corrected chi connectivity index (χ2v) is 8.56. The number of halogens is 3. The van der Waals surface area contributed by atoms with Gasteiger partial charge in [0.25, 0.3) is 0 Å². The van der Waals surface area contributed by atoms with Crippen molar-refractivity contribution in [1.82, 2.24) is 4.98 Å². The molecule has 0 atom stereocenters. The molecule has 0 spiro atoms. The molecule has 1 aliphatic rings. The SMILES string of the molecule is C=N/C(=C(\C=C(/C)COc1ccc2[nH]c(CCC(=O)OCC)cc2c1)C(F)(F)F)C1CCCC1. The number of carbonyl (C=O) groups excluding carboxylic acids is 1. The number of alkyl halides is 3. The van der Waals surface area contributed by atoms with Crippen molar-refractivity contribution in [3.05, 3.63) is 52.9 Å². The van der Waals surface area contributed by atoms with Crippen LogP contribution < -0.4 is 4.74 Å². The lowest BCUT2D eigenvalue weighted by atomic mass is 9.97. The average molecular weight is 477 g/mol. The van der Waals surface area contributed by atoms with Crippen LogP contribution in [0.4, 0.5) is 13.2 Å². The van der Waals surface area contributed by atoms with E-state index in [1.54, 1.807) is 19.9 Å². The maximum atomic E-state index is 13.8. The second-order valence-electron chi connectivity index (χ2n) is 8.56. The zero-order valence-electron chi connectivity index (χ0n) is 19.6. The van der Waals surface area contributed by atoms with E-state index in [4.69, 9.17) is 9.47 Å². The Balaban J connectivity index is 1.70. The number of fused-ring (bicyclic) bond motifs is 1. The van der Waals surface area contributed by atoms with Crippen molar-refractivity contribution in [2.24, 2.45) is 10.9 Å². The van der Waals surface area contributed by atoms with E-state index >= 15 is 0 Å². The average Bonchev–Trinajstić information content (AvgIpc) is 3.45. The number of nitrogens with one attached hydrogen (secondary N) is 1. The lowest BCUT2D eigenvalue weighted by Crippen LogP contribution is -2.16. The molecule has 0 saturated heterocycles. The van der Waals surface area contributed by atoms with E-state index < -0.39 is 11.7 Å². The maximum absolute atomic E-state index is 13.8. The molecule has 0 aliphatic heterocycles. The van der Waals surface area contributed by atoms with Crippen LogP contribution in [0.2, 0.25) is 0 Å². The number of aromatic amines is 1. The number of nitrogens with zero attached hydrogens (tertiary/aromatic N) is 1. The first kappa shape index (κ1) is 25.6. The fraction of sp³-hybridized carbons (Fsp3) is 0.462. The predicted octanol–water partition coefficient (Wildman–Crippen LogP) is 6.70. The minimum absolute atomic E-state index is 0.0142. The van der Waals surface area contributed by atoms with E-state index in [0.717, 1.165) is 35.5 Å². The molecule has 2 aromatic rings. The summed E-state index contributed by atoms with van der Waals surface area (Å²) < 4.78 is 52.1. The fourth-order valence-electron chi connectivity index (χ4n) is 4.28. The summed E-state index contributed by atoms with van der Waals surface area (Å²) in [6.45, 7) is 7.16. The Hall–Kier alpha value is -3.03. The minimum Gasteiger partial charge on any atom is -0.489 e. The summed E-state index contributed by atoms with van der Waals surface area (Å²) in [5.74, 6) is 0.0992. The van der Waals surface area contributed by atoms with Crippen LogP contribution in [0.1, 0.15) is 51.6 Å². The zero-order chi connectivity index (χ0) is 24.7. The molecule has 0 amide bonds. The Bertz CT molecular complexity index is 1080. The third kappa shape index (κ3) is 6.74. The van der Waals surface area contributed by atoms with Crippen molar-refractivity contribution in [3.63, 3.8) is 0 Å². The van der Waals surface area contributed by atoms with Gasteiger partial charge in [-0.3, -0.25) is 9.79 Å². The second kappa shape index (κ2) is 11.4. The van der Waals surface area contributed by atoms with Gasteiger partial charge in [0.15, 0.2) is 0 Å². The molecular weight excluding hydrogens is 445 g/mol. The van der Waals surface area contributed by atoms with Gasteiger partial charge >= 0.3 is 12.1 Å². The summed E-state index contributed by atoms with van der Waals surface area (Å²) in [4.78, 5) is 18.6. The van der Waals surface area contributed by atoms with Crippen LogP contribution in [-0.2, 0) is 16.0 Å². The highest BCUT2D eigenvalue weighted by Crippen LogP contribution is 2.39. The van der Waals surface area contributed by atoms with Crippen LogP contribution in [-0.4, -0.2) is 37.1 Å². The Labute approximate surface area is 197 Å². The number of carbonyl (C=O) groups is 1. The van der Waals surface area contributed by atoms with E-state index in [9.17, 15) is 18.0 Å². The molecule has 3 rings (SSSR count). The Morgan fingerprint density at radius 3 is 2.65 bits per heavy atom. The molecule has 0 bridgehead atoms. The van der Waals surface area contributed by atoms with E-state index in [0.29, 0.717) is 37.2 Å². The molecule has 8 heteroatoms. The number of esters is 1. The number of aliphatic imine (C=N–C) groups is 1. The Kier molecular flexibility index (Phi) is 8.58. The Morgan fingerprint density at radius 1 is 1.26 bits per heavy atom. The van der Waals surface area contributed by atoms with Crippen molar-refractivity contribution in [3.8, 4) is 5.75 Å². The molecule has 0 radical (unpaired) electrons. The molecule has 34 heavy (non-hydrogen) atoms. The quantitative estimate of drug-likeness (QED) is 0.236. The maximum Gasteiger partial charge on any atom is 0.418 e. The van der Waals surface area contributed by atoms with Crippen LogP contribution in [0.25, 0.3) is 10.9 Å². The van der Waals surface area contributed by atoms with Crippen LogP contribution >= 0.6 is 0 Å². The minimum atomic E-state index is -4.51. The number of aryl methyl sites for hydroxylation is 1. The number of benzene rings is 1. The number of rotatable bonds is 10. The summed E-state index contributed by atoms with van der Waals surface area (Å²) in [6, 6.07) is 7.36. The van der Waals surface area contributed by atoms with E-state index in [1.165, 1.54) is 0 Å². The molecular formula is C26H31F3N2O3. The highest BCUT2D eigenvalue weighted by molar-refractivity contribution is 5.82. The summed E-state index contributed by atoms with van der Waals surface area (Å²) >= 11 is 0. The monoisotopic (exact) mass is 476 g/mol. The number of ether oxygens (including phenoxy) is 2. The van der Waals surface area contributed by atoms with Gasteiger partial charge < -0.3 is 14.5 Å². The predicted molar refractivity (Wildman–Crippen MR) is 127 cm³/mol. The van der Waals surface area contributed by atoms with Crippen LogP contribution in [0.5, 0.6) is 5.75 Å². The number of aromatic nitrogens is 1. The first-order chi connectivity index (χ1) is 16.2. The van der Waals surface area contributed by atoms with Gasteiger partial charge in [-0.05, 0) is 75.7 Å². The lowest BCUT2D eigenvalue weighted by molar-refractivity contribution is -0.143. The van der Waals surface area contributed by atoms with Gasteiger partial charge in [-0.15, -0.1) is 0 Å². The molecule has 1 aliphatic carbocycles. The third-order valence-corrected chi connectivity index (χ3v) is 5.90. The third-order valence-electron chi connectivity index (χ3n) is 5.90. The number of allylic oxidation sites excluding steroid dienone is 3. The van der Waals surface area contributed by atoms with E-state index in [2.05, 4.69) is 16.7 Å². The number of hydrogen-bond donors (Lipinski definition) is 1. The van der Waals surface area contributed by atoms with Gasteiger partial charge in [-0.1, -0.05) is 12.8 Å². The van der Waals surface area contributed by atoms with E-state index in [1.807, 2.05) is 18.2 Å². The number of hydrogen-bond acceptors (Lipinski definition) is 4.